The number of para-hydroxylation sites is 1. The van der Waals surface area contributed by atoms with Crippen molar-refractivity contribution in [1.82, 2.24) is 9.78 Å². The van der Waals surface area contributed by atoms with E-state index in [0.717, 1.165) is 28.0 Å². The lowest BCUT2D eigenvalue weighted by molar-refractivity contribution is -0.116. The van der Waals surface area contributed by atoms with Gasteiger partial charge in [0.2, 0.25) is 5.91 Å². The molecular weight excluding hydrogens is 406 g/mol. The molecule has 164 valence electrons. The van der Waals surface area contributed by atoms with Gasteiger partial charge < -0.3 is 14.5 Å². The van der Waals surface area contributed by atoms with E-state index < -0.39 is 5.63 Å². The van der Waals surface area contributed by atoms with Crippen LogP contribution in [-0.2, 0) is 11.2 Å². The van der Waals surface area contributed by atoms with E-state index in [2.05, 4.69) is 10.4 Å². The first kappa shape index (κ1) is 21.4. The highest BCUT2D eigenvalue weighted by atomic mass is 16.5. The molecule has 32 heavy (non-hydrogen) atoms. The summed E-state index contributed by atoms with van der Waals surface area (Å²) in [4.78, 5) is 25.2. The monoisotopic (exact) mass is 431 g/mol. The van der Waals surface area contributed by atoms with Gasteiger partial charge in [-0.15, -0.1) is 0 Å². The molecule has 1 N–H and O–H groups in total. The molecule has 0 spiro atoms. The molecule has 0 aliphatic rings. The first-order valence-corrected chi connectivity index (χ1v) is 10.4. The van der Waals surface area contributed by atoms with Crippen molar-refractivity contribution >= 4 is 22.6 Å². The minimum Gasteiger partial charge on any atom is -0.497 e. The Kier molecular flexibility index (Phi) is 5.81. The quantitative estimate of drug-likeness (QED) is 0.455. The number of aromatic nitrogens is 2. The lowest BCUT2D eigenvalue weighted by atomic mass is 10.0. The second-order valence-electron chi connectivity index (χ2n) is 7.70. The number of hydrogen-bond acceptors (Lipinski definition) is 5. The topological polar surface area (TPSA) is 86.4 Å². The molecule has 0 aliphatic heterocycles. The van der Waals surface area contributed by atoms with E-state index in [1.165, 1.54) is 0 Å². The Bertz CT molecular complexity index is 1350. The lowest BCUT2D eigenvalue weighted by Crippen LogP contribution is -2.17. The highest BCUT2D eigenvalue weighted by molar-refractivity contribution is 5.92. The van der Waals surface area contributed by atoms with E-state index in [1.54, 1.807) is 17.9 Å². The van der Waals surface area contributed by atoms with Crippen molar-refractivity contribution < 1.29 is 13.9 Å². The van der Waals surface area contributed by atoms with Gasteiger partial charge >= 0.3 is 5.63 Å². The molecule has 1 amide bonds. The molecule has 4 aromatic rings. The van der Waals surface area contributed by atoms with Gasteiger partial charge in [-0.05, 0) is 57.0 Å². The van der Waals surface area contributed by atoms with Gasteiger partial charge in [0.25, 0.3) is 0 Å². The first-order valence-electron chi connectivity index (χ1n) is 10.4. The van der Waals surface area contributed by atoms with Crippen LogP contribution < -0.4 is 15.7 Å². The number of nitrogens with zero attached hydrogens (tertiary/aromatic N) is 2. The largest absolute Gasteiger partial charge is 0.497 e. The van der Waals surface area contributed by atoms with Crippen molar-refractivity contribution in [3.63, 3.8) is 0 Å². The van der Waals surface area contributed by atoms with Crippen molar-refractivity contribution in [3.8, 4) is 11.4 Å². The summed E-state index contributed by atoms with van der Waals surface area (Å²) in [7, 11) is 1.56. The number of nitrogens with one attached hydrogen (secondary N) is 1. The number of amides is 1. The smallest absolute Gasteiger partial charge is 0.339 e. The number of hydrogen-bond donors (Lipinski definition) is 1. The van der Waals surface area contributed by atoms with Crippen molar-refractivity contribution in [2.75, 3.05) is 12.4 Å². The Morgan fingerprint density at radius 1 is 1.12 bits per heavy atom. The fourth-order valence-electron chi connectivity index (χ4n) is 3.88. The van der Waals surface area contributed by atoms with Crippen LogP contribution in [0.15, 0.2) is 57.7 Å². The Hall–Kier alpha value is -3.87. The predicted molar refractivity (Wildman–Crippen MR) is 124 cm³/mol. The van der Waals surface area contributed by atoms with Crippen molar-refractivity contribution in [2.45, 2.75) is 33.6 Å². The molecule has 7 nitrogen and oxygen atoms in total. The molecular formula is C25H25N3O4. The van der Waals surface area contributed by atoms with Crippen LogP contribution in [0.1, 0.15) is 28.9 Å². The van der Waals surface area contributed by atoms with Gasteiger partial charge in [0.05, 0.1) is 29.9 Å². The average Bonchev–Trinajstić information content (AvgIpc) is 3.07. The fourth-order valence-corrected chi connectivity index (χ4v) is 3.88. The van der Waals surface area contributed by atoms with Crippen LogP contribution in [0.2, 0.25) is 0 Å². The predicted octanol–water partition coefficient (Wildman–Crippen LogP) is 4.48. The number of carbonyl (C=O) groups is 1. The third kappa shape index (κ3) is 4.01. The van der Waals surface area contributed by atoms with Crippen molar-refractivity contribution in [2.24, 2.45) is 0 Å². The van der Waals surface area contributed by atoms with Crippen molar-refractivity contribution in [1.29, 1.82) is 0 Å². The summed E-state index contributed by atoms with van der Waals surface area (Å²) in [5, 5.41) is 8.34. The van der Waals surface area contributed by atoms with Crippen LogP contribution >= 0.6 is 0 Å². The van der Waals surface area contributed by atoms with Crippen LogP contribution in [0.3, 0.4) is 0 Å². The molecule has 0 atom stereocenters. The van der Waals surface area contributed by atoms with E-state index in [1.807, 2.05) is 63.2 Å². The molecule has 2 aromatic heterocycles. The van der Waals surface area contributed by atoms with E-state index in [0.29, 0.717) is 22.6 Å². The van der Waals surface area contributed by atoms with E-state index in [4.69, 9.17) is 9.15 Å². The second kappa shape index (κ2) is 8.70. The SMILES string of the molecule is COc1ccc2c(C)c(CCC(=O)Nc3c(C)nn(-c4ccccc4)c3C)c(=O)oc2c1. The molecule has 0 saturated carbocycles. The number of benzene rings is 2. The number of rotatable bonds is 6. The zero-order valence-corrected chi connectivity index (χ0v) is 18.6. The van der Waals surface area contributed by atoms with Crippen LogP contribution in [-0.4, -0.2) is 22.8 Å². The molecule has 4 rings (SSSR count). The zero-order chi connectivity index (χ0) is 22.8. The summed E-state index contributed by atoms with van der Waals surface area (Å²) < 4.78 is 12.5. The summed E-state index contributed by atoms with van der Waals surface area (Å²) in [5.74, 6) is 0.436. The number of ether oxygens (including phenoxy) is 1. The Balaban J connectivity index is 1.52. The fraction of sp³-hybridized carbons (Fsp3) is 0.240. The maximum atomic E-state index is 12.7. The second-order valence-corrected chi connectivity index (χ2v) is 7.70. The Labute approximate surface area is 185 Å². The molecule has 7 heteroatoms. The molecule has 0 fully saturated rings. The van der Waals surface area contributed by atoms with Crippen LogP contribution in [0.5, 0.6) is 5.75 Å². The molecule has 2 aromatic carbocycles. The average molecular weight is 431 g/mol. The van der Waals surface area contributed by atoms with E-state index in [-0.39, 0.29) is 18.7 Å². The number of methoxy groups -OCH3 is 1. The van der Waals surface area contributed by atoms with Gasteiger partial charge in [0.1, 0.15) is 11.3 Å². The van der Waals surface area contributed by atoms with Crippen LogP contribution in [0, 0.1) is 20.8 Å². The molecule has 0 unspecified atom stereocenters. The zero-order valence-electron chi connectivity index (χ0n) is 18.6. The maximum absolute atomic E-state index is 12.7. The molecule has 0 saturated heterocycles. The highest BCUT2D eigenvalue weighted by Crippen LogP contribution is 2.25. The number of fused-ring (bicyclic) bond motifs is 1. The summed E-state index contributed by atoms with van der Waals surface area (Å²) in [6.07, 6.45) is 0.440. The van der Waals surface area contributed by atoms with Gasteiger partial charge in [-0.25, -0.2) is 9.48 Å². The molecule has 0 radical (unpaired) electrons. The summed E-state index contributed by atoms with van der Waals surface area (Å²) >= 11 is 0. The minimum absolute atomic E-state index is 0.155. The number of carbonyl (C=O) groups excluding carboxylic acids is 1. The van der Waals surface area contributed by atoms with E-state index >= 15 is 0 Å². The number of aryl methyl sites for hydroxylation is 2. The summed E-state index contributed by atoms with van der Waals surface area (Å²) in [6, 6.07) is 15.1. The normalized spacial score (nSPS) is 11.0. The van der Waals surface area contributed by atoms with Gasteiger partial charge in [-0.1, -0.05) is 18.2 Å². The molecule has 0 bridgehead atoms. The summed E-state index contributed by atoms with van der Waals surface area (Å²) in [6.45, 7) is 5.65. The van der Waals surface area contributed by atoms with E-state index in [9.17, 15) is 9.59 Å². The standard InChI is InChI=1S/C25H25N3O4/c1-15-20-11-10-19(31-4)14-22(20)32-25(30)21(15)12-13-23(29)26-24-16(2)27-28(17(24)3)18-8-6-5-7-9-18/h5-11,14H,12-13H2,1-4H3,(H,26,29). The summed E-state index contributed by atoms with van der Waals surface area (Å²) in [5.41, 5.74) is 4.55. The molecule has 2 heterocycles. The van der Waals surface area contributed by atoms with Gasteiger partial charge in [-0.2, -0.15) is 5.10 Å². The molecule has 0 aliphatic carbocycles. The third-order valence-corrected chi connectivity index (χ3v) is 5.65. The third-order valence-electron chi connectivity index (χ3n) is 5.65. The Morgan fingerprint density at radius 2 is 1.88 bits per heavy atom. The van der Waals surface area contributed by atoms with Gasteiger partial charge in [0, 0.05) is 23.4 Å². The first-order chi connectivity index (χ1) is 15.4. The van der Waals surface area contributed by atoms with Gasteiger partial charge in [-0.3, -0.25) is 4.79 Å². The maximum Gasteiger partial charge on any atom is 0.339 e. The minimum atomic E-state index is -0.430. The highest BCUT2D eigenvalue weighted by Gasteiger charge is 2.17. The van der Waals surface area contributed by atoms with Crippen molar-refractivity contribution in [3.05, 3.63) is 81.5 Å². The number of anilines is 1. The van der Waals surface area contributed by atoms with Crippen LogP contribution in [0.4, 0.5) is 5.69 Å². The Morgan fingerprint density at radius 3 is 2.59 bits per heavy atom. The lowest BCUT2D eigenvalue weighted by Gasteiger charge is -2.10. The van der Waals surface area contributed by atoms with Crippen LogP contribution in [0.25, 0.3) is 16.7 Å². The van der Waals surface area contributed by atoms with Gasteiger partial charge in [0.15, 0.2) is 0 Å².